The molecule has 0 aromatic heterocycles. The van der Waals surface area contributed by atoms with Crippen molar-refractivity contribution in [2.75, 3.05) is 32.4 Å². The molecule has 0 bridgehead atoms. The van der Waals surface area contributed by atoms with E-state index in [2.05, 4.69) is 0 Å². The fraction of sp³-hybridized carbons (Fsp3) is 0.562. The summed E-state index contributed by atoms with van der Waals surface area (Å²) < 4.78 is 26.9. The molecule has 1 aliphatic carbocycles. The van der Waals surface area contributed by atoms with Crippen LogP contribution in [-0.4, -0.2) is 56.0 Å². The second-order valence-electron chi connectivity index (χ2n) is 6.03. The van der Waals surface area contributed by atoms with Gasteiger partial charge >= 0.3 is 0 Å². The van der Waals surface area contributed by atoms with Crippen molar-refractivity contribution in [1.82, 2.24) is 9.21 Å². The molecule has 1 amide bonds. The number of hydrogen-bond donors (Lipinski definition) is 0. The first kappa shape index (κ1) is 16.8. The lowest BCUT2D eigenvalue weighted by Crippen LogP contribution is -2.52. The van der Waals surface area contributed by atoms with E-state index in [-0.39, 0.29) is 11.8 Å². The minimum atomic E-state index is -3.46. The first-order chi connectivity index (χ1) is 11.0. The summed E-state index contributed by atoms with van der Waals surface area (Å²) in [5.74, 6) is 0.384. The summed E-state index contributed by atoms with van der Waals surface area (Å²) >= 11 is 1.58. The Hall–Kier alpha value is -1.05. The second kappa shape index (κ2) is 6.83. The van der Waals surface area contributed by atoms with Crippen molar-refractivity contribution >= 4 is 27.7 Å². The highest BCUT2D eigenvalue weighted by Gasteiger charge is 2.34. The minimum Gasteiger partial charge on any atom is -0.340 e. The van der Waals surface area contributed by atoms with Crippen LogP contribution in [0.2, 0.25) is 0 Å². The van der Waals surface area contributed by atoms with Crippen LogP contribution in [0.5, 0.6) is 0 Å². The van der Waals surface area contributed by atoms with Gasteiger partial charge in [-0.2, -0.15) is 4.31 Å². The molecule has 7 heteroatoms. The lowest BCUT2D eigenvalue weighted by Gasteiger charge is -2.37. The van der Waals surface area contributed by atoms with Crippen LogP contribution in [0.25, 0.3) is 0 Å². The van der Waals surface area contributed by atoms with Crippen molar-refractivity contribution in [1.29, 1.82) is 0 Å². The molecule has 5 nitrogen and oxygen atoms in total. The SMILES string of the molecule is CSc1ccc(S(=O)(=O)N2CCN(C(=O)C3CCC3)CC2)cc1. The van der Waals surface area contributed by atoms with Gasteiger partial charge in [0.1, 0.15) is 0 Å². The average molecular weight is 354 g/mol. The Morgan fingerprint density at radius 3 is 2.17 bits per heavy atom. The molecule has 2 aliphatic rings. The van der Waals surface area contributed by atoms with Gasteiger partial charge in [0.25, 0.3) is 0 Å². The second-order valence-corrected chi connectivity index (χ2v) is 8.85. The van der Waals surface area contributed by atoms with E-state index in [1.807, 2.05) is 23.3 Å². The van der Waals surface area contributed by atoms with Crippen LogP contribution in [0, 0.1) is 5.92 Å². The van der Waals surface area contributed by atoms with Crippen LogP contribution in [0.1, 0.15) is 19.3 Å². The molecule has 1 saturated heterocycles. The van der Waals surface area contributed by atoms with Crippen molar-refractivity contribution < 1.29 is 13.2 Å². The van der Waals surface area contributed by atoms with E-state index in [0.29, 0.717) is 31.1 Å². The molecule has 126 valence electrons. The maximum atomic E-state index is 12.7. The number of sulfonamides is 1. The predicted molar refractivity (Wildman–Crippen MR) is 90.9 cm³/mol. The smallest absolute Gasteiger partial charge is 0.243 e. The molecule has 1 aliphatic heterocycles. The molecule has 0 unspecified atom stereocenters. The van der Waals surface area contributed by atoms with Gasteiger partial charge in [-0.3, -0.25) is 4.79 Å². The Morgan fingerprint density at radius 1 is 1.09 bits per heavy atom. The van der Waals surface area contributed by atoms with E-state index >= 15 is 0 Å². The zero-order chi connectivity index (χ0) is 16.4. The standard InChI is InChI=1S/C16H22N2O3S2/c1-22-14-5-7-15(8-6-14)23(20,21)18-11-9-17(10-12-18)16(19)13-3-2-4-13/h5-8,13H,2-4,9-12H2,1H3. The third-order valence-corrected chi connectivity index (χ3v) is 7.36. The van der Waals surface area contributed by atoms with Crippen LogP contribution >= 0.6 is 11.8 Å². The number of hydrogen-bond acceptors (Lipinski definition) is 4. The number of amides is 1. The first-order valence-electron chi connectivity index (χ1n) is 7.95. The minimum absolute atomic E-state index is 0.178. The van der Waals surface area contributed by atoms with Gasteiger partial charge in [-0.15, -0.1) is 11.8 Å². The van der Waals surface area contributed by atoms with Gasteiger partial charge < -0.3 is 4.90 Å². The summed E-state index contributed by atoms with van der Waals surface area (Å²) in [6.45, 7) is 1.76. The monoisotopic (exact) mass is 354 g/mol. The molecule has 0 atom stereocenters. The van der Waals surface area contributed by atoms with E-state index in [4.69, 9.17) is 0 Å². The van der Waals surface area contributed by atoms with Crippen LogP contribution in [0.4, 0.5) is 0 Å². The van der Waals surface area contributed by atoms with Gasteiger partial charge in [0.15, 0.2) is 0 Å². The van der Waals surface area contributed by atoms with Crippen LogP contribution < -0.4 is 0 Å². The molecule has 1 aromatic carbocycles. The van der Waals surface area contributed by atoms with Gasteiger partial charge in [-0.1, -0.05) is 6.42 Å². The molecule has 1 aromatic rings. The Kier molecular flexibility index (Phi) is 4.98. The fourth-order valence-electron chi connectivity index (χ4n) is 2.96. The Labute approximate surface area is 142 Å². The van der Waals surface area contributed by atoms with Gasteiger partial charge in [0.2, 0.25) is 15.9 Å². The summed E-state index contributed by atoms with van der Waals surface area (Å²) in [4.78, 5) is 15.4. The van der Waals surface area contributed by atoms with E-state index < -0.39 is 10.0 Å². The maximum Gasteiger partial charge on any atom is 0.243 e. The highest BCUT2D eigenvalue weighted by Crippen LogP contribution is 2.29. The van der Waals surface area contributed by atoms with Gasteiger partial charge in [0.05, 0.1) is 4.90 Å². The molecular weight excluding hydrogens is 332 g/mol. The summed E-state index contributed by atoms with van der Waals surface area (Å²) in [5, 5.41) is 0. The van der Waals surface area contributed by atoms with Gasteiger partial charge in [-0.05, 0) is 43.4 Å². The van der Waals surface area contributed by atoms with Gasteiger partial charge in [-0.25, -0.2) is 8.42 Å². The number of benzene rings is 1. The normalized spacial score (nSPS) is 20.3. The number of carbonyl (C=O) groups is 1. The molecule has 3 rings (SSSR count). The summed E-state index contributed by atoms with van der Waals surface area (Å²) in [5.41, 5.74) is 0. The molecule has 0 radical (unpaired) electrons. The summed E-state index contributed by atoms with van der Waals surface area (Å²) in [6.07, 6.45) is 5.07. The quantitative estimate of drug-likeness (QED) is 0.777. The first-order valence-corrected chi connectivity index (χ1v) is 10.6. The molecular formula is C16H22N2O3S2. The zero-order valence-electron chi connectivity index (χ0n) is 13.3. The van der Waals surface area contributed by atoms with Crippen molar-refractivity contribution in [2.45, 2.75) is 29.1 Å². The van der Waals surface area contributed by atoms with E-state index in [9.17, 15) is 13.2 Å². The van der Waals surface area contributed by atoms with Crippen LogP contribution in [0.3, 0.4) is 0 Å². The zero-order valence-corrected chi connectivity index (χ0v) is 14.9. The molecule has 0 N–H and O–H groups in total. The number of nitrogens with zero attached hydrogens (tertiary/aromatic N) is 2. The molecule has 23 heavy (non-hydrogen) atoms. The van der Waals surface area contributed by atoms with Crippen molar-refractivity contribution in [3.05, 3.63) is 24.3 Å². The Bertz CT molecular complexity index is 661. The Balaban J connectivity index is 1.64. The maximum absolute atomic E-state index is 12.7. The third-order valence-electron chi connectivity index (χ3n) is 4.70. The number of rotatable bonds is 4. The number of carbonyl (C=O) groups excluding carboxylic acids is 1. The summed E-state index contributed by atoms with van der Waals surface area (Å²) in [7, 11) is -3.46. The van der Waals surface area contributed by atoms with Crippen LogP contribution in [0.15, 0.2) is 34.1 Å². The highest BCUT2D eigenvalue weighted by molar-refractivity contribution is 7.98. The highest BCUT2D eigenvalue weighted by atomic mass is 32.2. The molecule has 2 fully saturated rings. The molecule has 1 heterocycles. The molecule has 1 saturated carbocycles. The largest absolute Gasteiger partial charge is 0.340 e. The summed E-state index contributed by atoms with van der Waals surface area (Å²) in [6, 6.07) is 6.97. The lowest BCUT2D eigenvalue weighted by molar-refractivity contribution is -0.139. The Morgan fingerprint density at radius 2 is 1.70 bits per heavy atom. The topological polar surface area (TPSA) is 57.7 Å². The molecule has 0 spiro atoms. The van der Waals surface area contributed by atoms with Crippen LogP contribution in [-0.2, 0) is 14.8 Å². The van der Waals surface area contributed by atoms with E-state index in [0.717, 1.165) is 24.2 Å². The van der Waals surface area contributed by atoms with Gasteiger partial charge in [0, 0.05) is 37.0 Å². The number of thioether (sulfide) groups is 1. The fourth-order valence-corrected chi connectivity index (χ4v) is 4.79. The van der Waals surface area contributed by atoms with Crippen molar-refractivity contribution in [3.63, 3.8) is 0 Å². The lowest BCUT2D eigenvalue weighted by atomic mass is 9.84. The van der Waals surface area contributed by atoms with Crippen molar-refractivity contribution in [3.8, 4) is 0 Å². The van der Waals surface area contributed by atoms with Crippen molar-refractivity contribution in [2.24, 2.45) is 5.92 Å². The van der Waals surface area contributed by atoms with E-state index in [1.54, 1.807) is 23.9 Å². The third kappa shape index (κ3) is 3.41. The predicted octanol–water partition coefficient (Wildman–Crippen LogP) is 2.04. The van der Waals surface area contributed by atoms with E-state index in [1.165, 1.54) is 4.31 Å². The number of piperazine rings is 1. The average Bonchev–Trinajstić information content (AvgIpc) is 2.53.